The minimum Gasteiger partial charge on any atom is -0.330 e. The molecule has 4 nitrogen and oxygen atoms in total. The Bertz CT molecular complexity index is 382. The van der Waals surface area contributed by atoms with Gasteiger partial charge >= 0.3 is 0 Å². The summed E-state index contributed by atoms with van der Waals surface area (Å²) in [5.41, 5.74) is 5.51. The zero-order valence-electron chi connectivity index (χ0n) is 10.1. The number of aromatic nitrogens is 3. The van der Waals surface area contributed by atoms with Gasteiger partial charge in [-0.3, -0.25) is 0 Å². The summed E-state index contributed by atoms with van der Waals surface area (Å²) in [5.74, 6) is 3.09. The predicted molar refractivity (Wildman–Crippen MR) is 69.3 cm³/mol. The van der Waals surface area contributed by atoms with E-state index in [9.17, 15) is 0 Å². The second-order valence-electron chi connectivity index (χ2n) is 5.06. The molecule has 1 heterocycles. The Balaban J connectivity index is 1.66. The summed E-state index contributed by atoms with van der Waals surface area (Å²) < 4.78 is 2.42. The van der Waals surface area contributed by atoms with Crippen molar-refractivity contribution in [2.24, 2.45) is 5.73 Å². The van der Waals surface area contributed by atoms with E-state index in [1.165, 1.54) is 37.9 Å². The highest BCUT2D eigenvalue weighted by molar-refractivity contribution is 7.99. The number of thioether (sulfide) groups is 1. The first-order valence-corrected chi connectivity index (χ1v) is 7.66. The van der Waals surface area contributed by atoms with Crippen LogP contribution in [0.4, 0.5) is 0 Å². The standard InChI is InChI=1S/C12H20N4S/c13-7-1-2-8-17-12-15-14-11(9-3-4-9)16(12)10-5-6-10/h9-10H,1-8,13H2. The number of nitrogens with zero attached hydrogens (tertiary/aromatic N) is 3. The van der Waals surface area contributed by atoms with Gasteiger partial charge in [-0.1, -0.05) is 11.8 Å². The molecule has 1 aromatic heterocycles. The zero-order valence-corrected chi connectivity index (χ0v) is 11.0. The quantitative estimate of drug-likeness (QED) is 0.597. The third-order valence-electron chi connectivity index (χ3n) is 3.38. The van der Waals surface area contributed by atoms with Crippen LogP contribution >= 0.6 is 11.8 Å². The van der Waals surface area contributed by atoms with E-state index in [-0.39, 0.29) is 0 Å². The van der Waals surface area contributed by atoms with Crippen LogP contribution in [0.15, 0.2) is 5.16 Å². The van der Waals surface area contributed by atoms with Gasteiger partial charge in [0.05, 0.1) is 0 Å². The lowest BCUT2D eigenvalue weighted by Gasteiger charge is -2.07. The smallest absolute Gasteiger partial charge is 0.191 e. The maximum Gasteiger partial charge on any atom is 0.191 e. The molecule has 3 rings (SSSR count). The minimum atomic E-state index is 0.706. The second kappa shape index (κ2) is 4.98. The van der Waals surface area contributed by atoms with Crippen LogP contribution in [0.2, 0.25) is 0 Å². The van der Waals surface area contributed by atoms with Crippen molar-refractivity contribution >= 4 is 11.8 Å². The highest BCUT2D eigenvalue weighted by atomic mass is 32.2. The van der Waals surface area contributed by atoms with Crippen LogP contribution in [0.1, 0.15) is 56.3 Å². The van der Waals surface area contributed by atoms with Crippen molar-refractivity contribution in [3.8, 4) is 0 Å². The highest BCUT2D eigenvalue weighted by Gasteiger charge is 2.36. The van der Waals surface area contributed by atoms with Crippen LogP contribution in [-0.4, -0.2) is 27.1 Å². The molecule has 0 unspecified atom stereocenters. The van der Waals surface area contributed by atoms with E-state index in [0.717, 1.165) is 23.9 Å². The third kappa shape index (κ3) is 2.65. The van der Waals surface area contributed by atoms with E-state index in [2.05, 4.69) is 14.8 Å². The van der Waals surface area contributed by atoms with Crippen LogP contribution in [0.25, 0.3) is 0 Å². The van der Waals surface area contributed by atoms with Crippen molar-refractivity contribution in [2.45, 2.75) is 55.6 Å². The number of nitrogens with two attached hydrogens (primary N) is 1. The van der Waals surface area contributed by atoms with Crippen molar-refractivity contribution in [3.63, 3.8) is 0 Å². The topological polar surface area (TPSA) is 56.7 Å². The molecule has 0 amide bonds. The van der Waals surface area contributed by atoms with Gasteiger partial charge in [0.1, 0.15) is 5.82 Å². The fraction of sp³-hybridized carbons (Fsp3) is 0.833. The number of rotatable bonds is 7. The van der Waals surface area contributed by atoms with Crippen molar-refractivity contribution in [2.75, 3.05) is 12.3 Å². The first-order valence-electron chi connectivity index (χ1n) is 6.68. The molecule has 0 aliphatic heterocycles. The number of hydrogen-bond acceptors (Lipinski definition) is 4. The summed E-state index contributed by atoms with van der Waals surface area (Å²) in [6.45, 7) is 0.795. The summed E-state index contributed by atoms with van der Waals surface area (Å²) in [4.78, 5) is 0. The molecule has 2 fully saturated rings. The third-order valence-corrected chi connectivity index (χ3v) is 4.40. The summed E-state index contributed by atoms with van der Waals surface area (Å²) in [7, 11) is 0. The lowest BCUT2D eigenvalue weighted by molar-refractivity contribution is 0.626. The average molecular weight is 252 g/mol. The first kappa shape index (κ1) is 11.5. The van der Waals surface area contributed by atoms with Crippen LogP contribution in [0.5, 0.6) is 0 Å². The van der Waals surface area contributed by atoms with E-state index in [0.29, 0.717) is 12.0 Å². The lowest BCUT2D eigenvalue weighted by atomic mass is 10.3. The maximum atomic E-state index is 5.51. The SMILES string of the molecule is NCCCCSc1nnc(C2CC2)n1C1CC1. The number of unbranched alkanes of at least 4 members (excludes halogenated alkanes) is 1. The fourth-order valence-electron chi connectivity index (χ4n) is 2.09. The van der Waals surface area contributed by atoms with Gasteiger partial charge in [0.2, 0.25) is 0 Å². The van der Waals surface area contributed by atoms with Crippen LogP contribution in [0, 0.1) is 0 Å². The Labute approximate surface area is 106 Å². The van der Waals surface area contributed by atoms with Crippen LogP contribution < -0.4 is 5.73 Å². The molecule has 2 aliphatic rings. The predicted octanol–water partition coefficient (Wildman–Crippen LogP) is 2.32. The molecule has 2 saturated carbocycles. The van der Waals surface area contributed by atoms with Gasteiger partial charge in [0.15, 0.2) is 5.16 Å². The van der Waals surface area contributed by atoms with Gasteiger partial charge < -0.3 is 10.3 Å². The fourth-order valence-corrected chi connectivity index (χ4v) is 3.10. The number of hydrogen-bond donors (Lipinski definition) is 1. The van der Waals surface area contributed by atoms with E-state index in [1.807, 2.05) is 11.8 Å². The Hall–Kier alpha value is -0.550. The Morgan fingerprint density at radius 1 is 1.18 bits per heavy atom. The summed E-state index contributed by atoms with van der Waals surface area (Å²) in [6, 6.07) is 0.706. The van der Waals surface area contributed by atoms with Crippen molar-refractivity contribution in [3.05, 3.63) is 5.82 Å². The molecule has 0 bridgehead atoms. The normalized spacial score (nSPS) is 19.8. The maximum absolute atomic E-state index is 5.51. The van der Waals surface area contributed by atoms with Crippen molar-refractivity contribution in [1.82, 2.24) is 14.8 Å². The van der Waals surface area contributed by atoms with E-state index in [1.54, 1.807) is 0 Å². The molecule has 0 saturated heterocycles. The molecule has 0 spiro atoms. The van der Waals surface area contributed by atoms with E-state index < -0.39 is 0 Å². The molecule has 2 aliphatic carbocycles. The van der Waals surface area contributed by atoms with Crippen molar-refractivity contribution in [1.29, 1.82) is 0 Å². The molecule has 2 N–H and O–H groups in total. The monoisotopic (exact) mass is 252 g/mol. The Morgan fingerprint density at radius 2 is 2.00 bits per heavy atom. The molecule has 0 atom stereocenters. The van der Waals surface area contributed by atoms with Gasteiger partial charge in [0, 0.05) is 17.7 Å². The minimum absolute atomic E-state index is 0.706. The molecular formula is C12H20N4S. The Morgan fingerprint density at radius 3 is 2.65 bits per heavy atom. The lowest BCUT2D eigenvalue weighted by Crippen LogP contribution is -2.02. The second-order valence-corrected chi connectivity index (χ2v) is 6.12. The van der Waals surface area contributed by atoms with Crippen molar-refractivity contribution < 1.29 is 0 Å². The van der Waals surface area contributed by atoms with Gasteiger partial charge in [0.25, 0.3) is 0 Å². The van der Waals surface area contributed by atoms with Gasteiger partial charge in [-0.15, -0.1) is 10.2 Å². The molecule has 5 heteroatoms. The molecule has 17 heavy (non-hydrogen) atoms. The highest BCUT2D eigenvalue weighted by Crippen LogP contribution is 2.45. The first-order chi connectivity index (χ1) is 8.40. The van der Waals surface area contributed by atoms with E-state index >= 15 is 0 Å². The van der Waals surface area contributed by atoms with Crippen LogP contribution in [-0.2, 0) is 0 Å². The molecule has 0 radical (unpaired) electrons. The molecule has 1 aromatic rings. The summed E-state index contributed by atoms with van der Waals surface area (Å²) in [5, 5.41) is 9.93. The van der Waals surface area contributed by atoms with Gasteiger partial charge in [-0.05, 0) is 45.1 Å². The largest absolute Gasteiger partial charge is 0.330 e. The Kier molecular flexibility index (Phi) is 3.38. The molecule has 94 valence electrons. The average Bonchev–Trinajstić information content (AvgIpc) is 3.23. The van der Waals surface area contributed by atoms with E-state index in [4.69, 9.17) is 5.73 Å². The summed E-state index contributed by atoms with van der Waals surface area (Å²) >= 11 is 1.86. The van der Waals surface area contributed by atoms with Crippen LogP contribution in [0.3, 0.4) is 0 Å². The molecule has 0 aromatic carbocycles. The zero-order chi connectivity index (χ0) is 11.7. The van der Waals surface area contributed by atoms with Gasteiger partial charge in [-0.2, -0.15) is 0 Å². The summed E-state index contributed by atoms with van der Waals surface area (Å²) in [6.07, 6.45) is 7.53. The molecular weight excluding hydrogens is 232 g/mol. The van der Waals surface area contributed by atoms with Gasteiger partial charge in [-0.25, -0.2) is 0 Å².